The standard InChI is InChI=1S/C16H20BrN3O3/c1-12(21)19-7-9-20(10-8-19)15(22)5-6-18-16(23)13-3-2-4-14(17)11-13/h2-4,11H,5-10H2,1H3,(H,18,23). The predicted octanol–water partition coefficient (Wildman–Crippen LogP) is 1.26. The summed E-state index contributed by atoms with van der Waals surface area (Å²) in [7, 11) is 0. The molecule has 3 amide bonds. The molecule has 0 unspecified atom stereocenters. The number of carbonyl (C=O) groups excluding carboxylic acids is 3. The van der Waals surface area contributed by atoms with Gasteiger partial charge in [-0.15, -0.1) is 0 Å². The Morgan fingerprint density at radius 3 is 2.39 bits per heavy atom. The van der Waals surface area contributed by atoms with E-state index in [2.05, 4.69) is 21.2 Å². The highest BCUT2D eigenvalue weighted by atomic mass is 79.9. The van der Waals surface area contributed by atoms with Gasteiger partial charge in [-0.1, -0.05) is 22.0 Å². The Labute approximate surface area is 143 Å². The van der Waals surface area contributed by atoms with Gasteiger partial charge in [-0.25, -0.2) is 0 Å². The monoisotopic (exact) mass is 381 g/mol. The maximum atomic E-state index is 12.1. The van der Waals surface area contributed by atoms with E-state index >= 15 is 0 Å². The number of rotatable bonds is 4. The predicted molar refractivity (Wildman–Crippen MR) is 89.9 cm³/mol. The highest BCUT2D eigenvalue weighted by Gasteiger charge is 2.22. The molecule has 0 aliphatic carbocycles. The molecule has 1 heterocycles. The van der Waals surface area contributed by atoms with Crippen molar-refractivity contribution in [1.29, 1.82) is 0 Å². The first-order valence-electron chi connectivity index (χ1n) is 7.54. The van der Waals surface area contributed by atoms with Crippen LogP contribution in [0.3, 0.4) is 0 Å². The number of nitrogens with one attached hydrogen (secondary N) is 1. The molecule has 1 aliphatic heterocycles. The highest BCUT2D eigenvalue weighted by Crippen LogP contribution is 2.11. The van der Waals surface area contributed by atoms with Gasteiger partial charge in [0.25, 0.3) is 5.91 Å². The molecule has 1 aliphatic rings. The number of piperazine rings is 1. The molecular weight excluding hydrogens is 362 g/mol. The molecule has 7 heteroatoms. The fourth-order valence-electron chi connectivity index (χ4n) is 2.44. The molecule has 124 valence electrons. The third kappa shape index (κ3) is 5.06. The summed E-state index contributed by atoms with van der Waals surface area (Å²) in [4.78, 5) is 38.8. The zero-order valence-corrected chi connectivity index (χ0v) is 14.6. The molecule has 1 saturated heterocycles. The van der Waals surface area contributed by atoms with Gasteiger partial charge in [0.2, 0.25) is 11.8 Å². The first-order valence-corrected chi connectivity index (χ1v) is 8.33. The van der Waals surface area contributed by atoms with Gasteiger partial charge in [0, 0.05) is 56.1 Å². The molecule has 6 nitrogen and oxygen atoms in total. The Hall–Kier alpha value is -1.89. The second kappa shape index (κ2) is 8.10. The molecule has 1 N–H and O–H groups in total. The van der Waals surface area contributed by atoms with Gasteiger partial charge in [0.15, 0.2) is 0 Å². The number of nitrogens with zero attached hydrogens (tertiary/aromatic N) is 2. The van der Waals surface area contributed by atoms with Gasteiger partial charge in [0.1, 0.15) is 0 Å². The van der Waals surface area contributed by atoms with Crippen LogP contribution in [0.2, 0.25) is 0 Å². The Kier molecular flexibility index (Phi) is 6.15. The van der Waals surface area contributed by atoms with Gasteiger partial charge in [-0.05, 0) is 18.2 Å². The number of benzene rings is 1. The van der Waals surface area contributed by atoms with Gasteiger partial charge in [-0.3, -0.25) is 14.4 Å². The van der Waals surface area contributed by atoms with E-state index in [0.29, 0.717) is 38.3 Å². The molecule has 0 atom stereocenters. The molecule has 0 radical (unpaired) electrons. The Bertz CT molecular complexity index is 598. The van der Waals surface area contributed by atoms with E-state index in [9.17, 15) is 14.4 Å². The van der Waals surface area contributed by atoms with Crippen molar-refractivity contribution < 1.29 is 14.4 Å². The molecule has 0 bridgehead atoms. The Balaban J connectivity index is 1.73. The lowest BCUT2D eigenvalue weighted by Crippen LogP contribution is -2.50. The summed E-state index contributed by atoms with van der Waals surface area (Å²) in [6.07, 6.45) is 0.264. The summed E-state index contributed by atoms with van der Waals surface area (Å²) >= 11 is 3.32. The normalized spacial score (nSPS) is 14.5. The van der Waals surface area contributed by atoms with E-state index in [-0.39, 0.29) is 24.1 Å². The molecule has 2 rings (SSSR count). The van der Waals surface area contributed by atoms with E-state index in [1.54, 1.807) is 28.0 Å². The second-order valence-electron chi connectivity index (χ2n) is 5.40. The van der Waals surface area contributed by atoms with Crippen LogP contribution >= 0.6 is 15.9 Å². The molecule has 23 heavy (non-hydrogen) atoms. The zero-order chi connectivity index (χ0) is 16.8. The van der Waals surface area contributed by atoms with Gasteiger partial charge < -0.3 is 15.1 Å². The molecule has 1 fully saturated rings. The van der Waals surface area contributed by atoms with Crippen LogP contribution in [-0.2, 0) is 9.59 Å². The van der Waals surface area contributed by atoms with Crippen LogP contribution < -0.4 is 5.32 Å². The smallest absolute Gasteiger partial charge is 0.251 e. The summed E-state index contributed by atoms with van der Waals surface area (Å²) in [5.74, 6) is -0.151. The minimum absolute atomic E-state index is 0.00254. The average molecular weight is 382 g/mol. The zero-order valence-electron chi connectivity index (χ0n) is 13.0. The van der Waals surface area contributed by atoms with Crippen LogP contribution in [0.25, 0.3) is 0 Å². The number of halogens is 1. The molecule has 0 saturated carbocycles. The van der Waals surface area contributed by atoms with Crippen molar-refractivity contribution in [2.24, 2.45) is 0 Å². The van der Waals surface area contributed by atoms with Gasteiger partial charge in [-0.2, -0.15) is 0 Å². The first-order chi connectivity index (χ1) is 11.0. The largest absolute Gasteiger partial charge is 0.352 e. The third-order valence-corrected chi connectivity index (χ3v) is 4.28. The Morgan fingerprint density at radius 1 is 1.13 bits per heavy atom. The maximum absolute atomic E-state index is 12.1. The van der Waals surface area contributed by atoms with Crippen molar-refractivity contribution in [1.82, 2.24) is 15.1 Å². The third-order valence-electron chi connectivity index (χ3n) is 3.79. The average Bonchev–Trinajstić information content (AvgIpc) is 2.54. The lowest BCUT2D eigenvalue weighted by atomic mass is 10.2. The van der Waals surface area contributed by atoms with Crippen LogP contribution in [-0.4, -0.2) is 60.2 Å². The van der Waals surface area contributed by atoms with Crippen LogP contribution in [0.15, 0.2) is 28.7 Å². The van der Waals surface area contributed by atoms with Gasteiger partial charge >= 0.3 is 0 Å². The van der Waals surface area contributed by atoms with Crippen LogP contribution in [0.1, 0.15) is 23.7 Å². The quantitative estimate of drug-likeness (QED) is 0.853. The number of hydrogen-bond acceptors (Lipinski definition) is 3. The summed E-state index contributed by atoms with van der Waals surface area (Å²) < 4.78 is 0.838. The molecule has 1 aromatic rings. The lowest BCUT2D eigenvalue weighted by Gasteiger charge is -2.34. The summed E-state index contributed by atoms with van der Waals surface area (Å²) in [6.45, 7) is 4.10. The minimum atomic E-state index is -0.194. The van der Waals surface area contributed by atoms with Crippen molar-refractivity contribution in [2.45, 2.75) is 13.3 Å². The SMILES string of the molecule is CC(=O)N1CCN(C(=O)CCNC(=O)c2cccc(Br)c2)CC1. The molecule has 0 spiro atoms. The van der Waals surface area contributed by atoms with E-state index in [1.165, 1.54) is 6.92 Å². The number of hydrogen-bond donors (Lipinski definition) is 1. The Morgan fingerprint density at radius 2 is 1.78 bits per heavy atom. The van der Waals surface area contributed by atoms with Crippen molar-refractivity contribution >= 4 is 33.7 Å². The van der Waals surface area contributed by atoms with Crippen LogP contribution in [0.4, 0.5) is 0 Å². The van der Waals surface area contributed by atoms with Crippen molar-refractivity contribution in [3.8, 4) is 0 Å². The van der Waals surface area contributed by atoms with E-state index in [1.807, 2.05) is 6.07 Å². The van der Waals surface area contributed by atoms with E-state index < -0.39 is 0 Å². The molecule has 1 aromatic carbocycles. The minimum Gasteiger partial charge on any atom is -0.352 e. The summed E-state index contributed by atoms with van der Waals surface area (Å²) in [6, 6.07) is 7.10. The first kappa shape index (κ1) is 17.5. The van der Waals surface area contributed by atoms with Crippen molar-refractivity contribution in [3.63, 3.8) is 0 Å². The summed E-state index contributed by atoms with van der Waals surface area (Å²) in [5.41, 5.74) is 0.557. The van der Waals surface area contributed by atoms with E-state index in [0.717, 1.165) is 4.47 Å². The summed E-state index contributed by atoms with van der Waals surface area (Å²) in [5, 5.41) is 2.75. The fraction of sp³-hybridized carbons (Fsp3) is 0.438. The van der Waals surface area contributed by atoms with E-state index in [4.69, 9.17) is 0 Å². The highest BCUT2D eigenvalue weighted by molar-refractivity contribution is 9.10. The fourth-order valence-corrected chi connectivity index (χ4v) is 2.84. The van der Waals surface area contributed by atoms with Crippen LogP contribution in [0, 0.1) is 0 Å². The van der Waals surface area contributed by atoms with Gasteiger partial charge in [0.05, 0.1) is 0 Å². The number of carbonyl (C=O) groups is 3. The lowest BCUT2D eigenvalue weighted by molar-refractivity contribution is -0.138. The topological polar surface area (TPSA) is 69.7 Å². The second-order valence-corrected chi connectivity index (χ2v) is 6.32. The number of amides is 3. The van der Waals surface area contributed by atoms with Crippen LogP contribution in [0.5, 0.6) is 0 Å². The maximum Gasteiger partial charge on any atom is 0.251 e. The molecular formula is C16H20BrN3O3. The van der Waals surface area contributed by atoms with Crippen molar-refractivity contribution in [2.75, 3.05) is 32.7 Å². The van der Waals surface area contributed by atoms with Crippen molar-refractivity contribution in [3.05, 3.63) is 34.3 Å². The molecule has 0 aromatic heterocycles.